The number of hydrogen-bond acceptors (Lipinski definition) is 0. The van der Waals surface area contributed by atoms with Gasteiger partial charge in [0, 0.05) is 10.9 Å². The molecule has 0 radical (unpaired) electrons. The third-order valence-electron chi connectivity index (χ3n) is 1.64. The van der Waals surface area contributed by atoms with Crippen LogP contribution in [0.5, 0.6) is 0 Å². The first kappa shape index (κ1) is 12.0. The lowest BCUT2D eigenvalue weighted by atomic mass is 10.1. The Morgan fingerprint density at radius 3 is 2.21 bits per heavy atom. The summed E-state index contributed by atoms with van der Waals surface area (Å²) in [6, 6.07) is 1.90. The smallest absolute Gasteiger partial charge is 0.205 e. The summed E-state index contributed by atoms with van der Waals surface area (Å²) in [7, 11) is 0. The van der Waals surface area contributed by atoms with Crippen LogP contribution in [0.1, 0.15) is 11.1 Å². The van der Waals surface area contributed by atoms with Crippen LogP contribution in [0.2, 0.25) is 0 Å². The molecular weight excluding hydrogens is 332 g/mol. The molecule has 0 nitrogen and oxygen atoms in total. The van der Waals surface area contributed by atoms with Crippen LogP contribution in [0, 0.1) is 5.82 Å². The van der Waals surface area contributed by atoms with Crippen LogP contribution < -0.4 is 0 Å². The van der Waals surface area contributed by atoms with E-state index in [1.807, 2.05) is 0 Å². The van der Waals surface area contributed by atoms with Gasteiger partial charge in [-0.15, -0.1) is 0 Å². The largest absolute Gasteiger partial charge is 0.416 e. The highest BCUT2D eigenvalue weighted by Gasteiger charge is 2.34. The highest BCUT2D eigenvalue weighted by Crippen LogP contribution is 2.36. The summed E-state index contributed by atoms with van der Waals surface area (Å²) < 4.78 is 50.3. The average molecular weight is 336 g/mol. The SMILES string of the molecule is Fc1c(Br)ccc(C(F)(F)F)c1CBr. The summed E-state index contributed by atoms with van der Waals surface area (Å²) in [5.74, 6) is -0.878. The van der Waals surface area contributed by atoms with Crippen LogP contribution in [-0.4, -0.2) is 0 Å². The maximum absolute atomic E-state index is 13.2. The molecule has 0 amide bonds. The summed E-state index contributed by atoms with van der Waals surface area (Å²) in [5.41, 5.74) is -1.33. The molecule has 0 saturated heterocycles. The molecule has 0 unspecified atom stereocenters. The molecule has 1 aromatic rings. The van der Waals surface area contributed by atoms with Crippen molar-refractivity contribution in [2.45, 2.75) is 11.5 Å². The molecule has 1 aromatic carbocycles. The van der Waals surface area contributed by atoms with Crippen molar-refractivity contribution in [3.8, 4) is 0 Å². The van der Waals surface area contributed by atoms with Gasteiger partial charge in [0.1, 0.15) is 5.82 Å². The van der Waals surface area contributed by atoms with Gasteiger partial charge in [0.15, 0.2) is 0 Å². The van der Waals surface area contributed by atoms with E-state index in [-0.39, 0.29) is 15.4 Å². The summed E-state index contributed by atoms with van der Waals surface area (Å²) in [5, 5.41) is -0.173. The molecule has 0 bridgehead atoms. The Balaban J connectivity index is 3.39. The van der Waals surface area contributed by atoms with E-state index in [0.717, 1.165) is 12.1 Å². The Kier molecular flexibility index (Phi) is 3.58. The number of hydrogen-bond donors (Lipinski definition) is 0. The molecule has 0 heterocycles. The van der Waals surface area contributed by atoms with E-state index in [9.17, 15) is 17.6 Å². The van der Waals surface area contributed by atoms with E-state index in [0.29, 0.717) is 0 Å². The molecule has 0 atom stereocenters. The van der Waals surface area contributed by atoms with Crippen molar-refractivity contribution >= 4 is 31.9 Å². The first-order valence-electron chi connectivity index (χ1n) is 3.48. The van der Waals surface area contributed by atoms with Gasteiger partial charge in [0.05, 0.1) is 10.0 Å². The number of halogens is 6. The van der Waals surface area contributed by atoms with Crippen molar-refractivity contribution in [3.05, 3.63) is 33.5 Å². The molecule has 0 aliphatic carbocycles. The molecule has 0 saturated carbocycles. The number of alkyl halides is 4. The van der Waals surface area contributed by atoms with Gasteiger partial charge in [-0.25, -0.2) is 4.39 Å². The first-order valence-corrected chi connectivity index (χ1v) is 5.39. The van der Waals surface area contributed by atoms with E-state index in [1.165, 1.54) is 0 Å². The summed E-state index contributed by atoms with van der Waals surface area (Å²) >= 11 is 5.65. The summed E-state index contributed by atoms with van der Waals surface area (Å²) in [6.45, 7) is 0. The molecule has 0 fully saturated rings. The lowest BCUT2D eigenvalue weighted by Crippen LogP contribution is -2.10. The number of rotatable bonds is 1. The Bertz CT molecular complexity index is 346. The minimum atomic E-state index is -4.52. The van der Waals surface area contributed by atoms with Crippen LogP contribution >= 0.6 is 31.9 Å². The van der Waals surface area contributed by atoms with Crippen molar-refractivity contribution in [2.24, 2.45) is 0 Å². The third-order valence-corrected chi connectivity index (χ3v) is 2.81. The zero-order chi connectivity index (χ0) is 10.9. The Morgan fingerprint density at radius 1 is 1.21 bits per heavy atom. The van der Waals surface area contributed by atoms with Crippen LogP contribution in [0.3, 0.4) is 0 Å². The van der Waals surface area contributed by atoms with Gasteiger partial charge >= 0.3 is 6.18 Å². The molecule has 0 N–H and O–H groups in total. The third kappa shape index (κ3) is 2.28. The minimum Gasteiger partial charge on any atom is -0.205 e. The van der Waals surface area contributed by atoms with Gasteiger partial charge < -0.3 is 0 Å². The fourth-order valence-corrected chi connectivity index (χ4v) is 1.91. The normalized spacial score (nSPS) is 11.9. The fraction of sp³-hybridized carbons (Fsp3) is 0.250. The average Bonchev–Trinajstić information content (AvgIpc) is 2.07. The lowest BCUT2D eigenvalue weighted by Gasteiger charge is -2.12. The summed E-state index contributed by atoms with van der Waals surface area (Å²) in [6.07, 6.45) is -4.52. The fourth-order valence-electron chi connectivity index (χ4n) is 0.989. The van der Waals surface area contributed by atoms with Crippen molar-refractivity contribution < 1.29 is 17.6 Å². The second-order valence-corrected chi connectivity index (χ2v) is 3.93. The second-order valence-electron chi connectivity index (χ2n) is 2.52. The minimum absolute atomic E-state index is 0.0277. The molecule has 78 valence electrons. The second kappa shape index (κ2) is 4.18. The van der Waals surface area contributed by atoms with E-state index in [2.05, 4.69) is 31.9 Å². The van der Waals surface area contributed by atoms with E-state index in [4.69, 9.17) is 0 Å². The standard InChI is InChI=1S/C8H4Br2F4/c9-3-4-5(8(12,13)14)1-2-6(10)7(4)11/h1-2H,3H2. The maximum atomic E-state index is 13.2. The van der Waals surface area contributed by atoms with Crippen LogP contribution in [-0.2, 0) is 11.5 Å². The molecule has 1 rings (SSSR count). The summed E-state index contributed by atoms with van der Waals surface area (Å²) in [4.78, 5) is 0. The Labute approximate surface area is 94.6 Å². The lowest BCUT2D eigenvalue weighted by molar-refractivity contribution is -0.138. The molecule has 0 aliphatic heterocycles. The zero-order valence-corrected chi connectivity index (χ0v) is 9.80. The molecule has 0 spiro atoms. The molecule has 14 heavy (non-hydrogen) atoms. The predicted molar refractivity (Wildman–Crippen MR) is 51.7 cm³/mol. The topological polar surface area (TPSA) is 0 Å². The Morgan fingerprint density at radius 2 is 1.79 bits per heavy atom. The monoisotopic (exact) mass is 334 g/mol. The van der Waals surface area contributed by atoms with Crippen molar-refractivity contribution in [1.29, 1.82) is 0 Å². The van der Waals surface area contributed by atoms with Crippen molar-refractivity contribution in [1.82, 2.24) is 0 Å². The molecule has 6 heteroatoms. The van der Waals surface area contributed by atoms with E-state index in [1.54, 1.807) is 0 Å². The molecule has 0 aromatic heterocycles. The van der Waals surface area contributed by atoms with E-state index >= 15 is 0 Å². The van der Waals surface area contributed by atoms with E-state index < -0.39 is 17.6 Å². The van der Waals surface area contributed by atoms with Crippen LogP contribution in [0.25, 0.3) is 0 Å². The zero-order valence-electron chi connectivity index (χ0n) is 6.63. The van der Waals surface area contributed by atoms with Gasteiger partial charge in [-0.05, 0) is 28.1 Å². The predicted octanol–water partition coefficient (Wildman–Crippen LogP) is 4.50. The van der Waals surface area contributed by atoms with Gasteiger partial charge in [0.2, 0.25) is 0 Å². The van der Waals surface area contributed by atoms with Crippen molar-refractivity contribution in [3.63, 3.8) is 0 Å². The van der Waals surface area contributed by atoms with Gasteiger partial charge in [-0.2, -0.15) is 13.2 Å². The van der Waals surface area contributed by atoms with Crippen LogP contribution in [0.4, 0.5) is 17.6 Å². The van der Waals surface area contributed by atoms with Gasteiger partial charge in [-0.1, -0.05) is 15.9 Å². The number of benzene rings is 1. The maximum Gasteiger partial charge on any atom is 0.416 e. The quantitative estimate of drug-likeness (QED) is 0.523. The first-order chi connectivity index (χ1) is 6.38. The van der Waals surface area contributed by atoms with Crippen LogP contribution in [0.15, 0.2) is 16.6 Å². The highest BCUT2D eigenvalue weighted by atomic mass is 79.9. The highest BCUT2D eigenvalue weighted by molar-refractivity contribution is 9.10. The molecular formula is C8H4Br2F4. The van der Waals surface area contributed by atoms with Crippen molar-refractivity contribution in [2.75, 3.05) is 0 Å². The van der Waals surface area contributed by atoms with Gasteiger partial charge in [0.25, 0.3) is 0 Å². The Hall–Kier alpha value is -0.100. The van der Waals surface area contributed by atoms with Gasteiger partial charge in [-0.3, -0.25) is 0 Å². The molecule has 0 aliphatic rings.